The summed E-state index contributed by atoms with van der Waals surface area (Å²) < 4.78 is 26.2. The van der Waals surface area contributed by atoms with Gasteiger partial charge in [0.15, 0.2) is 11.6 Å². The largest absolute Gasteiger partial charge is 0.348 e. The van der Waals surface area contributed by atoms with Gasteiger partial charge in [-0.2, -0.15) is 0 Å². The molecule has 0 atom stereocenters. The van der Waals surface area contributed by atoms with Crippen molar-refractivity contribution in [2.24, 2.45) is 0 Å². The number of pyridine rings is 1. The fourth-order valence-corrected chi connectivity index (χ4v) is 2.80. The Morgan fingerprint density at radius 1 is 1.08 bits per heavy atom. The lowest BCUT2D eigenvalue weighted by molar-refractivity contribution is 0.0697. The Balaban J connectivity index is 1.55. The Kier molecular flexibility index (Phi) is 5.02. The number of nitrogens with one attached hydrogen (secondary N) is 1. The van der Waals surface area contributed by atoms with Crippen molar-refractivity contribution < 1.29 is 18.4 Å². The standard InChI is InChI=1S/C18H17F2N3O2/c19-14-5-4-12(11-15(14)20)18(25)23-9-6-13(7-10-23)22-17(24)16-3-1-2-8-21-16/h1-5,8,11,13H,6-7,9-10H2,(H,22,24). The van der Waals surface area contributed by atoms with Gasteiger partial charge in [0.1, 0.15) is 5.69 Å². The number of hydrogen-bond donors (Lipinski definition) is 1. The Morgan fingerprint density at radius 3 is 2.48 bits per heavy atom. The highest BCUT2D eigenvalue weighted by molar-refractivity contribution is 5.94. The molecule has 2 amide bonds. The van der Waals surface area contributed by atoms with E-state index in [-0.39, 0.29) is 23.4 Å². The van der Waals surface area contributed by atoms with Crippen LogP contribution >= 0.6 is 0 Å². The summed E-state index contributed by atoms with van der Waals surface area (Å²) in [5.41, 5.74) is 0.470. The fourth-order valence-electron chi connectivity index (χ4n) is 2.80. The number of carbonyl (C=O) groups excluding carboxylic acids is 2. The van der Waals surface area contributed by atoms with Gasteiger partial charge in [-0.3, -0.25) is 14.6 Å². The molecule has 7 heteroatoms. The van der Waals surface area contributed by atoms with E-state index in [0.29, 0.717) is 31.6 Å². The molecule has 130 valence electrons. The number of likely N-dealkylation sites (tertiary alicyclic amines) is 1. The molecule has 0 bridgehead atoms. The first-order valence-corrected chi connectivity index (χ1v) is 8.01. The number of rotatable bonds is 3. The van der Waals surface area contributed by atoms with E-state index in [9.17, 15) is 18.4 Å². The van der Waals surface area contributed by atoms with Gasteiger partial charge in [-0.15, -0.1) is 0 Å². The zero-order valence-corrected chi connectivity index (χ0v) is 13.4. The normalized spacial score (nSPS) is 15.0. The highest BCUT2D eigenvalue weighted by atomic mass is 19.2. The molecule has 1 aromatic heterocycles. The first-order chi connectivity index (χ1) is 12.0. The topological polar surface area (TPSA) is 62.3 Å². The molecule has 0 radical (unpaired) electrons. The Bertz CT molecular complexity index is 775. The second-order valence-electron chi connectivity index (χ2n) is 5.88. The lowest BCUT2D eigenvalue weighted by Crippen LogP contribution is -2.46. The molecule has 2 aromatic rings. The zero-order valence-electron chi connectivity index (χ0n) is 13.4. The van der Waals surface area contributed by atoms with Gasteiger partial charge in [-0.25, -0.2) is 8.78 Å². The molecule has 1 aliphatic rings. The monoisotopic (exact) mass is 345 g/mol. The molecule has 25 heavy (non-hydrogen) atoms. The minimum atomic E-state index is -1.04. The second-order valence-corrected chi connectivity index (χ2v) is 5.88. The van der Waals surface area contributed by atoms with Gasteiger partial charge in [0, 0.05) is 30.9 Å². The van der Waals surface area contributed by atoms with Crippen LogP contribution in [0, 0.1) is 11.6 Å². The van der Waals surface area contributed by atoms with Crippen molar-refractivity contribution in [3.8, 4) is 0 Å². The van der Waals surface area contributed by atoms with Crippen molar-refractivity contribution in [2.45, 2.75) is 18.9 Å². The molecule has 1 fully saturated rings. The van der Waals surface area contributed by atoms with Crippen molar-refractivity contribution in [3.05, 3.63) is 65.5 Å². The lowest BCUT2D eigenvalue weighted by Gasteiger charge is -2.32. The van der Waals surface area contributed by atoms with Crippen LogP contribution in [0.2, 0.25) is 0 Å². The zero-order chi connectivity index (χ0) is 17.8. The van der Waals surface area contributed by atoms with Gasteiger partial charge in [0.05, 0.1) is 0 Å². The van der Waals surface area contributed by atoms with E-state index in [1.165, 1.54) is 6.07 Å². The number of aromatic nitrogens is 1. The van der Waals surface area contributed by atoms with Crippen molar-refractivity contribution >= 4 is 11.8 Å². The van der Waals surface area contributed by atoms with Crippen molar-refractivity contribution in [2.75, 3.05) is 13.1 Å². The van der Waals surface area contributed by atoms with Gasteiger partial charge in [0.2, 0.25) is 0 Å². The number of piperidine rings is 1. The number of amides is 2. The van der Waals surface area contributed by atoms with E-state index in [4.69, 9.17) is 0 Å². The van der Waals surface area contributed by atoms with Crippen LogP contribution in [0.4, 0.5) is 8.78 Å². The van der Waals surface area contributed by atoms with Crippen LogP contribution in [0.5, 0.6) is 0 Å². The van der Waals surface area contributed by atoms with E-state index in [1.807, 2.05) is 0 Å². The van der Waals surface area contributed by atoms with Crippen LogP contribution < -0.4 is 5.32 Å². The maximum atomic E-state index is 13.3. The molecule has 0 unspecified atom stereocenters. The van der Waals surface area contributed by atoms with E-state index in [1.54, 1.807) is 29.3 Å². The second kappa shape index (κ2) is 7.38. The molecule has 1 aliphatic heterocycles. The summed E-state index contributed by atoms with van der Waals surface area (Å²) in [6, 6.07) is 8.19. The summed E-state index contributed by atoms with van der Waals surface area (Å²) in [6.45, 7) is 0.871. The Morgan fingerprint density at radius 2 is 1.84 bits per heavy atom. The molecule has 0 saturated carbocycles. The van der Waals surface area contributed by atoms with Crippen molar-refractivity contribution in [1.82, 2.24) is 15.2 Å². The molecule has 3 rings (SSSR count). The smallest absolute Gasteiger partial charge is 0.270 e. The number of carbonyl (C=O) groups is 2. The van der Waals surface area contributed by atoms with E-state index in [2.05, 4.69) is 10.3 Å². The third-order valence-electron chi connectivity index (χ3n) is 4.18. The number of hydrogen-bond acceptors (Lipinski definition) is 3. The third kappa shape index (κ3) is 3.99. The average molecular weight is 345 g/mol. The van der Waals surface area contributed by atoms with Gasteiger partial charge >= 0.3 is 0 Å². The summed E-state index contributed by atoms with van der Waals surface area (Å²) in [4.78, 5) is 30.0. The Labute approximate surface area is 143 Å². The van der Waals surface area contributed by atoms with Crippen LogP contribution in [0.15, 0.2) is 42.6 Å². The number of halogens is 2. The van der Waals surface area contributed by atoms with E-state index < -0.39 is 11.6 Å². The predicted molar refractivity (Wildman–Crippen MR) is 87.0 cm³/mol. The maximum absolute atomic E-state index is 13.3. The van der Waals surface area contributed by atoms with Gasteiger partial charge in [-0.05, 0) is 43.2 Å². The lowest BCUT2D eigenvalue weighted by atomic mass is 10.0. The average Bonchev–Trinajstić information content (AvgIpc) is 2.65. The SMILES string of the molecule is O=C(NC1CCN(C(=O)c2ccc(F)c(F)c2)CC1)c1ccccn1. The molecule has 0 aliphatic carbocycles. The Hall–Kier alpha value is -2.83. The first kappa shape index (κ1) is 17.0. The summed E-state index contributed by atoms with van der Waals surface area (Å²) in [5, 5.41) is 2.90. The minimum Gasteiger partial charge on any atom is -0.348 e. The molecule has 1 aromatic carbocycles. The van der Waals surface area contributed by atoms with Crippen molar-refractivity contribution in [1.29, 1.82) is 0 Å². The van der Waals surface area contributed by atoms with Crippen LogP contribution in [0.3, 0.4) is 0 Å². The minimum absolute atomic E-state index is 0.0523. The predicted octanol–water partition coefficient (Wildman–Crippen LogP) is 2.39. The third-order valence-corrected chi connectivity index (χ3v) is 4.18. The van der Waals surface area contributed by atoms with Crippen LogP contribution in [0.1, 0.15) is 33.7 Å². The van der Waals surface area contributed by atoms with E-state index in [0.717, 1.165) is 12.1 Å². The maximum Gasteiger partial charge on any atom is 0.270 e. The summed E-state index contributed by atoms with van der Waals surface area (Å²) in [6.07, 6.45) is 2.74. The molecule has 2 heterocycles. The van der Waals surface area contributed by atoms with E-state index >= 15 is 0 Å². The van der Waals surface area contributed by atoms with Gasteiger partial charge in [-0.1, -0.05) is 6.07 Å². The fraction of sp³-hybridized carbons (Fsp3) is 0.278. The number of nitrogens with zero attached hydrogens (tertiary/aromatic N) is 2. The van der Waals surface area contributed by atoms with Gasteiger partial charge < -0.3 is 10.2 Å². The highest BCUT2D eigenvalue weighted by Gasteiger charge is 2.25. The van der Waals surface area contributed by atoms with Crippen LogP contribution in [-0.4, -0.2) is 40.8 Å². The first-order valence-electron chi connectivity index (χ1n) is 8.01. The molecular weight excluding hydrogens is 328 g/mol. The summed E-state index contributed by atoms with van der Waals surface area (Å²) in [7, 11) is 0. The molecule has 0 spiro atoms. The van der Waals surface area contributed by atoms with Crippen LogP contribution in [-0.2, 0) is 0 Å². The van der Waals surface area contributed by atoms with Crippen LogP contribution in [0.25, 0.3) is 0 Å². The molecule has 5 nitrogen and oxygen atoms in total. The summed E-state index contributed by atoms with van der Waals surface area (Å²) >= 11 is 0. The summed E-state index contributed by atoms with van der Waals surface area (Å²) in [5.74, 6) is -2.60. The molecular formula is C18H17F2N3O2. The molecule has 1 saturated heterocycles. The number of benzene rings is 1. The van der Waals surface area contributed by atoms with Crippen molar-refractivity contribution in [3.63, 3.8) is 0 Å². The highest BCUT2D eigenvalue weighted by Crippen LogP contribution is 2.16. The molecule has 1 N–H and O–H groups in total. The van der Waals surface area contributed by atoms with Gasteiger partial charge in [0.25, 0.3) is 11.8 Å². The quantitative estimate of drug-likeness (QED) is 0.929.